The summed E-state index contributed by atoms with van der Waals surface area (Å²) in [5.74, 6) is 0.558. The molecule has 4 rings (SSSR count). The molecule has 9 heteroatoms. The number of hydrogen-bond donors (Lipinski definition) is 2. The van der Waals surface area contributed by atoms with E-state index in [4.69, 9.17) is 15.6 Å². The SMILES string of the molecule is Nc1c(-c2ccnc(OCCCCn3ccc(S(N)(=O)=O)n3)c2)ccc2c1CCC2. The van der Waals surface area contributed by atoms with Crippen LogP contribution in [-0.2, 0) is 29.4 Å². The molecule has 2 heterocycles. The fraction of sp³-hybridized carbons (Fsp3) is 0.333. The van der Waals surface area contributed by atoms with Gasteiger partial charge in [0.1, 0.15) is 0 Å². The van der Waals surface area contributed by atoms with Gasteiger partial charge in [-0.3, -0.25) is 4.68 Å². The van der Waals surface area contributed by atoms with Gasteiger partial charge in [0.25, 0.3) is 10.0 Å². The van der Waals surface area contributed by atoms with Crippen molar-refractivity contribution in [3.8, 4) is 17.0 Å². The predicted octanol–water partition coefficient (Wildman–Crippen LogP) is 2.52. The molecule has 8 nitrogen and oxygen atoms in total. The van der Waals surface area contributed by atoms with Gasteiger partial charge in [0, 0.05) is 36.3 Å². The van der Waals surface area contributed by atoms with Crippen LogP contribution in [-0.4, -0.2) is 29.8 Å². The molecule has 0 unspecified atom stereocenters. The molecule has 4 N–H and O–H groups in total. The zero-order valence-electron chi connectivity index (χ0n) is 16.6. The number of rotatable bonds is 8. The van der Waals surface area contributed by atoms with Crippen molar-refractivity contribution < 1.29 is 13.2 Å². The number of nitrogen functional groups attached to an aromatic ring is 1. The Balaban J connectivity index is 1.32. The Kier molecular flexibility index (Phi) is 5.74. The van der Waals surface area contributed by atoms with Crippen LogP contribution in [0.2, 0.25) is 0 Å². The van der Waals surface area contributed by atoms with Crippen LogP contribution in [0.25, 0.3) is 11.1 Å². The van der Waals surface area contributed by atoms with Crippen LogP contribution in [0, 0.1) is 0 Å². The monoisotopic (exact) mass is 427 g/mol. The molecule has 0 fully saturated rings. The number of anilines is 1. The minimum Gasteiger partial charge on any atom is -0.478 e. The third-order valence-corrected chi connectivity index (χ3v) is 6.11. The van der Waals surface area contributed by atoms with Crippen LogP contribution >= 0.6 is 0 Å². The van der Waals surface area contributed by atoms with Crippen molar-refractivity contribution in [2.75, 3.05) is 12.3 Å². The second kappa shape index (κ2) is 8.45. The van der Waals surface area contributed by atoms with Gasteiger partial charge in [0.2, 0.25) is 5.88 Å². The normalized spacial score (nSPS) is 13.4. The minimum atomic E-state index is -3.76. The van der Waals surface area contributed by atoms with E-state index in [-0.39, 0.29) is 5.03 Å². The van der Waals surface area contributed by atoms with Crippen LogP contribution < -0.4 is 15.6 Å². The fourth-order valence-corrected chi connectivity index (χ4v) is 4.24. The van der Waals surface area contributed by atoms with Crippen molar-refractivity contribution in [1.29, 1.82) is 0 Å². The Hall–Kier alpha value is -2.91. The number of aromatic nitrogens is 3. The van der Waals surface area contributed by atoms with Crippen LogP contribution in [0.5, 0.6) is 5.88 Å². The Morgan fingerprint density at radius 3 is 2.80 bits per heavy atom. The molecule has 0 aliphatic heterocycles. The van der Waals surface area contributed by atoms with Crippen molar-refractivity contribution in [3.63, 3.8) is 0 Å². The summed E-state index contributed by atoms with van der Waals surface area (Å²) in [6.45, 7) is 1.08. The number of nitrogens with zero attached hydrogens (tertiary/aromatic N) is 3. The molecule has 1 aromatic carbocycles. The van der Waals surface area contributed by atoms with Crippen molar-refractivity contribution >= 4 is 15.7 Å². The standard InChI is InChI=1S/C21H25N5O3S/c22-21-17-5-3-4-15(17)6-7-18(21)16-8-10-24-19(14-16)29-13-2-1-11-26-12-9-20(25-26)30(23,27)28/h6-10,12,14H,1-5,11,13,22H2,(H2,23,27,28). The van der Waals surface area contributed by atoms with Crippen molar-refractivity contribution in [2.24, 2.45) is 5.14 Å². The molecule has 30 heavy (non-hydrogen) atoms. The van der Waals surface area contributed by atoms with Gasteiger partial charge in [-0.1, -0.05) is 12.1 Å². The smallest absolute Gasteiger partial charge is 0.257 e. The highest BCUT2D eigenvalue weighted by Gasteiger charge is 2.17. The molecule has 3 aromatic rings. The van der Waals surface area contributed by atoms with E-state index < -0.39 is 10.0 Å². The van der Waals surface area contributed by atoms with E-state index in [0.29, 0.717) is 19.0 Å². The summed E-state index contributed by atoms with van der Waals surface area (Å²) >= 11 is 0. The van der Waals surface area contributed by atoms with E-state index in [1.54, 1.807) is 17.1 Å². The Morgan fingerprint density at radius 1 is 1.13 bits per heavy atom. The molecule has 2 aromatic heterocycles. The van der Waals surface area contributed by atoms with Crippen LogP contribution in [0.15, 0.2) is 47.8 Å². The molecule has 0 spiro atoms. The molecule has 0 amide bonds. The molecular weight excluding hydrogens is 402 g/mol. The molecule has 1 aliphatic rings. The quantitative estimate of drug-likeness (QED) is 0.420. The van der Waals surface area contributed by atoms with Crippen molar-refractivity contribution in [3.05, 3.63) is 53.9 Å². The minimum absolute atomic E-state index is 0.120. The number of unbranched alkanes of at least 4 members (excludes halogenated alkanes) is 1. The number of benzene rings is 1. The number of aryl methyl sites for hydroxylation is 2. The van der Waals surface area contributed by atoms with E-state index in [1.165, 1.54) is 17.2 Å². The molecule has 158 valence electrons. The maximum Gasteiger partial charge on any atom is 0.257 e. The summed E-state index contributed by atoms with van der Waals surface area (Å²) in [6.07, 6.45) is 8.20. The molecule has 0 bridgehead atoms. The second-order valence-electron chi connectivity index (χ2n) is 7.42. The summed E-state index contributed by atoms with van der Waals surface area (Å²) in [5.41, 5.74) is 11.9. The Bertz CT molecular complexity index is 1160. The first-order valence-corrected chi connectivity index (χ1v) is 11.5. The van der Waals surface area contributed by atoms with Gasteiger partial charge in [-0.2, -0.15) is 5.10 Å². The van der Waals surface area contributed by atoms with E-state index >= 15 is 0 Å². The van der Waals surface area contributed by atoms with Crippen molar-refractivity contribution in [1.82, 2.24) is 14.8 Å². The predicted molar refractivity (Wildman–Crippen MR) is 114 cm³/mol. The Labute approximate surface area is 175 Å². The number of primary sulfonamides is 1. The van der Waals surface area contributed by atoms with Gasteiger partial charge in [-0.05, 0) is 60.9 Å². The average Bonchev–Trinajstić information content (AvgIpc) is 3.38. The van der Waals surface area contributed by atoms with E-state index in [1.807, 2.05) is 12.1 Å². The molecular formula is C21H25N5O3S. The third kappa shape index (κ3) is 4.47. The first-order valence-electron chi connectivity index (χ1n) is 9.97. The number of fused-ring (bicyclic) bond motifs is 1. The number of pyridine rings is 1. The molecule has 0 saturated heterocycles. The van der Waals surface area contributed by atoms with Gasteiger partial charge in [0.05, 0.1) is 6.61 Å². The molecule has 0 saturated carbocycles. The van der Waals surface area contributed by atoms with Crippen LogP contribution in [0.4, 0.5) is 5.69 Å². The van der Waals surface area contributed by atoms with Gasteiger partial charge in [-0.15, -0.1) is 0 Å². The number of nitrogens with two attached hydrogens (primary N) is 2. The first kappa shape index (κ1) is 20.4. The first-order chi connectivity index (χ1) is 14.4. The molecule has 0 radical (unpaired) electrons. The van der Waals surface area contributed by atoms with E-state index in [9.17, 15) is 8.42 Å². The summed E-state index contributed by atoms with van der Waals surface area (Å²) in [7, 11) is -3.76. The van der Waals surface area contributed by atoms with Crippen molar-refractivity contribution in [2.45, 2.75) is 43.7 Å². The lowest BCUT2D eigenvalue weighted by Crippen LogP contribution is -2.13. The highest BCUT2D eigenvalue weighted by Crippen LogP contribution is 2.35. The molecule has 1 aliphatic carbocycles. The van der Waals surface area contributed by atoms with E-state index in [0.717, 1.165) is 48.9 Å². The fourth-order valence-electron chi connectivity index (χ4n) is 3.77. The van der Waals surface area contributed by atoms with Crippen LogP contribution in [0.1, 0.15) is 30.4 Å². The van der Waals surface area contributed by atoms with Gasteiger partial charge in [0.15, 0.2) is 5.03 Å². The van der Waals surface area contributed by atoms with Gasteiger partial charge >= 0.3 is 0 Å². The molecule has 0 atom stereocenters. The zero-order valence-corrected chi connectivity index (χ0v) is 17.4. The van der Waals surface area contributed by atoms with Crippen LogP contribution in [0.3, 0.4) is 0 Å². The lowest BCUT2D eigenvalue weighted by atomic mass is 9.98. The number of hydrogen-bond acceptors (Lipinski definition) is 6. The number of sulfonamides is 1. The van der Waals surface area contributed by atoms with Gasteiger partial charge in [-0.25, -0.2) is 18.5 Å². The lowest BCUT2D eigenvalue weighted by molar-refractivity contribution is 0.291. The third-order valence-electron chi connectivity index (χ3n) is 5.31. The topological polar surface area (TPSA) is 126 Å². The zero-order chi connectivity index (χ0) is 21.1. The average molecular weight is 428 g/mol. The van der Waals surface area contributed by atoms with E-state index in [2.05, 4.69) is 22.2 Å². The summed E-state index contributed by atoms with van der Waals surface area (Å²) in [6, 6.07) is 9.51. The Morgan fingerprint density at radius 2 is 2.00 bits per heavy atom. The van der Waals surface area contributed by atoms with Gasteiger partial charge < -0.3 is 10.5 Å². The maximum absolute atomic E-state index is 11.3. The maximum atomic E-state index is 11.3. The number of ether oxygens (including phenoxy) is 1. The second-order valence-corrected chi connectivity index (χ2v) is 8.93. The summed E-state index contributed by atoms with van der Waals surface area (Å²) in [5, 5.41) is 8.90. The summed E-state index contributed by atoms with van der Waals surface area (Å²) < 4.78 is 29.9. The highest BCUT2D eigenvalue weighted by atomic mass is 32.2. The highest BCUT2D eigenvalue weighted by molar-refractivity contribution is 7.89. The summed E-state index contributed by atoms with van der Waals surface area (Å²) in [4.78, 5) is 4.29. The lowest BCUT2D eigenvalue weighted by Gasteiger charge is -2.12. The largest absolute Gasteiger partial charge is 0.478 e.